The fourth-order valence-corrected chi connectivity index (χ4v) is 2.84. The number of pyridine rings is 1. The summed E-state index contributed by atoms with van der Waals surface area (Å²) >= 11 is 0. The van der Waals surface area contributed by atoms with Crippen LogP contribution in [-0.4, -0.2) is 16.3 Å². The van der Waals surface area contributed by atoms with Crippen molar-refractivity contribution in [2.24, 2.45) is 0 Å². The van der Waals surface area contributed by atoms with Gasteiger partial charge in [0.1, 0.15) is 6.61 Å². The summed E-state index contributed by atoms with van der Waals surface area (Å²) in [7, 11) is 0. The minimum atomic E-state index is -0.468. The van der Waals surface area contributed by atoms with Crippen molar-refractivity contribution in [2.45, 2.75) is 47.1 Å². The predicted molar refractivity (Wildman–Crippen MR) is 108 cm³/mol. The van der Waals surface area contributed by atoms with Crippen molar-refractivity contribution in [3.63, 3.8) is 0 Å². The topological polar surface area (TPSA) is 77.5 Å². The molecule has 0 saturated carbocycles. The highest BCUT2D eigenvalue weighted by Gasteiger charge is 2.16. The number of aryl methyl sites for hydroxylation is 1. The Kier molecular flexibility index (Phi) is 6.50. The Labute approximate surface area is 154 Å². The maximum atomic E-state index is 12.4. The standard InChI is InChI=1S/C21H28N2O3/c1-5-23-18-13-16(22)9-10-17(18)20(19(24)21(23)25)26-12-11-15(4)8-6-7-14(2)3/h7,9-11,13,24H,5-6,8,12,22H2,1-4H3. The first kappa shape index (κ1) is 19.6. The number of aromatic hydroxyl groups is 1. The van der Waals surface area contributed by atoms with Crippen molar-refractivity contribution < 1.29 is 9.84 Å². The summed E-state index contributed by atoms with van der Waals surface area (Å²) in [6.45, 7) is 8.81. The number of allylic oxidation sites excluding steroid dienone is 3. The van der Waals surface area contributed by atoms with Crippen LogP contribution >= 0.6 is 0 Å². The molecular formula is C21H28N2O3. The van der Waals surface area contributed by atoms with E-state index in [4.69, 9.17) is 10.5 Å². The lowest BCUT2D eigenvalue weighted by molar-refractivity contribution is 0.335. The number of benzene rings is 1. The van der Waals surface area contributed by atoms with Crippen molar-refractivity contribution >= 4 is 16.6 Å². The molecule has 0 bridgehead atoms. The summed E-state index contributed by atoms with van der Waals surface area (Å²) in [6, 6.07) is 5.24. The third-order valence-corrected chi connectivity index (χ3v) is 4.29. The lowest BCUT2D eigenvalue weighted by atomic mass is 10.1. The molecule has 0 amide bonds. The van der Waals surface area contributed by atoms with E-state index < -0.39 is 5.56 Å². The Balaban J connectivity index is 2.28. The largest absolute Gasteiger partial charge is 0.500 e. The van der Waals surface area contributed by atoms with Crippen LogP contribution in [0.5, 0.6) is 11.5 Å². The van der Waals surface area contributed by atoms with Gasteiger partial charge in [0.2, 0.25) is 5.75 Å². The summed E-state index contributed by atoms with van der Waals surface area (Å²) in [5.74, 6) is -0.150. The number of fused-ring (bicyclic) bond motifs is 1. The Morgan fingerprint density at radius 1 is 1.27 bits per heavy atom. The van der Waals surface area contributed by atoms with Gasteiger partial charge in [0.25, 0.3) is 5.56 Å². The summed E-state index contributed by atoms with van der Waals surface area (Å²) in [4.78, 5) is 12.4. The van der Waals surface area contributed by atoms with Crippen molar-refractivity contribution in [2.75, 3.05) is 12.3 Å². The molecule has 0 aliphatic carbocycles. The summed E-state index contributed by atoms with van der Waals surface area (Å²) in [5.41, 5.74) is 9.13. The van der Waals surface area contributed by atoms with E-state index in [1.165, 1.54) is 15.7 Å². The molecule has 2 aromatic rings. The highest BCUT2D eigenvalue weighted by Crippen LogP contribution is 2.33. The first-order valence-electron chi connectivity index (χ1n) is 8.92. The number of rotatable bonds is 7. The number of anilines is 1. The summed E-state index contributed by atoms with van der Waals surface area (Å²) in [6.07, 6.45) is 6.12. The number of aromatic nitrogens is 1. The molecule has 0 unspecified atom stereocenters. The van der Waals surface area contributed by atoms with Gasteiger partial charge < -0.3 is 20.1 Å². The van der Waals surface area contributed by atoms with Crippen molar-refractivity contribution in [3.8, 4) is 11.5 Å². The van der Waals surface area contributed by atoms with E-state index in [-0.39, 0.29) is 11.5 Å². The normalized spacial score (nSPS) is 11.6. The third-order valence-electron chi connectivity index (χ3n) is 4.29. The van der Waals surface area contributed by atoms with Crippen LogP contribution in [0.4, 0.5) is 5.69 Å². The van der Waals surface area contributed by atoms with Crippen LogP contribution in [0.3, 0.4) is 0 Å². The molecule has 0 atom stereocenters. The molecule has 1 aromatic carbocycles. The zero-order valence-electron chi connectivity index (χ0n) is 16.0. The number of hydrogen-bond acceptors (Lipinski definition) is 4. The minimum Gasteiger partial charge on any atom is -0.500 e. The highest BCUT2D eigenvalue weighted by atomic mass is 16.5. The average Bonchev–Trinajstić information content (AvgIpc) is 2.58. The molecule has 0 spiro atoms. The second-order valence-electron chi connectivity index (χ2n) is 6.69. The lowest BCUT2D eigenvalue weighted by Crippen LogP contribution is -2.20. The van der Waals surface area contributed by atoms with Crippen molar-refractivity contribution in [3.05, 3.63) is 51.9 Å². The zero-order valence-corrected chi connectivity index (χ0v) is 16.0. The molecule has 0 aliphatic heterocycles. The Hall–Kier alpha value is -2.69. The molecular weight excluding hydrogens is 328 g/mol. The zero-order chi connectivity index (χ0) is 19.3. The molecule has 0 fully saturated rings. The monoisotopic (exact) mass is 356 g/mol. The molecule has 1 heterocycles. The number of nitrogens with zero attached hydrogens (tertiary/aromatic N) is 1. The molecule has 5 heteroatoms. The maximum absolute atomic E-state index is 12.4. The first-order valence-corrected chi connectivity index (χ1v) is 8.92. The highest BCUT2D eigenvalue weighted by molar-refractivity contribution is 5.89. The van der Waals surface area contributed by atoms with E-state index in [0.717, 1.165) is 12.8 Å². The predicted octanol–water partition coefficient (Wildman–Crippen LogP) is 4.38. The smallest absolute Gasteiger partial charge is 0.297 e. The number of nitrogens with two attached hydrogens (primary N) is 1. The molecule has 5 nitrogen and oxygen atoms in total. The van der Waals surface area contributed by atoms with Gasteiger partial charge in [0, 0.05) is 17.6 Å². The quantitative estimate of drug-likeness (QED) is 0.570. The van der Waals surface area contributed by atoms with E-state index in [1.807, 2.05) is 13.0 Å². The summed E-state index contributed by atoms with van der Waals surface area (Å²) in [5, 5.41) is 11.0. The number of nitrogen functional groups attached to an aromatic ring is 1. The fourth-order valence-electron chi connectivity index (χ4n) is 2.84. The van der Waals surface area contributed by atoms with Gasteiger partial charge in [-0.3, -0.25) is 4.79 Å². The molecule has 0 aliphatic rings. The Bertz CT molecular complexity index is 904. The van der Waals surface area contributed by atoms with Crippen LogP contribution in [0.2, 0.25) is 0 Å². The molecule has 0 saturated heterocycles. The van der Waals surface area contributed by atoms with E-state index in [9.17, 15) is 9.90 Å². The minimum absolute atomic E-state index is 0.211. The van der Waals surface area contributed by atoms with Gasteiger partial charge in [0.05, 0.1) is 5.52 Å². The SMILES string of the molecule is CCn1c(=O)c(O)c(OCC=C(C)CCC=C(C)C)c2ccc(N)cc21. The van der Waals surface area contributed by atoms with Gasteiger partial charge >= 0.3 is 0 Å². The van der Waals surface area contributed by atoms with Crippen LogP contribution in [0.25, 0.3) is 10.9 Å². The van der Waals surface area contributed by atoms with Crippen LogP contribution in [0, 0.1) is 0 Å². The van der Waals surface area contributed by atoms with Gasteiger partial charge in [-0.05, 0) is 64.8 Å². The molecule has 140 valence electrons. The van der Waals surface area contributed by atoms with E-state index in [0.29, 0.717) is 29.7 Å². The van der Waals surface area contributed by atoms with E-state index >= 15 is 0 Å². The van der Waals surface area contributed by atoms with Crippen LogP contribution < -0.4 is 16.0 Å². The van der Waals surface area contributed by atoms with Gasteiger partial charge in [-0.2, -0.15) is 0 Å². The number of hydrogen-bond donors (Lipinski definition) is 2. The third kappa shape index (κ3) is 4.48. The van der Waals surface area contributed by atoms with Gasteiger partial charge in [0.15, 0.2) is 5.75 Å². The second kappa shape index (κ2) is 8.61. The second-order valence-corrected chi connectivity index (χ2v) is 6.69. The van der Waals surface area contributed by atoms with E-state index in [2.05, 4.69) is 26.8 Å². The van der Waals surface area contributed by atoms with Crippen molar-refractivity contribution in [1.29, 1.82) is 0 Å². The summed E-state index contributed by atoms with van der Waals surface area (Å²) < 4.78 is 7.27. The van der Waals surface area contributed by atoms with Gasteiger partial charge in [-0.25, -0.2) is 0 Å². The maximum Gasteiger partial charge on any atom is 0.297 e. The molecule has 1 aromatic heterocycles. The molecule has 0 radical (unpaired) electrons. The van der Waals surface area contributed by atoms with Crippen LogP contribution in [-0.2, 0) is 6.54 Å². The molecule has 3 N–H and O–H groups in total. The molecule has 2 rings (SSSR count). The Morgan fingerprint density at radius 3 is 2.65 bits per heavy atom. The van der Waals surface area contributed by atoms with Crippen LogP contribution in [0.15, 0.2) is 46.3 Å². The average molecular weight is 356 g/mol. The van der Waals surface area contributed by atoms with Gasteiger partial charge in [-0.1, -0.05) is 17.2 Å². The van der Waals surface area contributed by atoms with Gasteiger partial charge in [-0.15, -0.1) is 0 Å². The van der Waals surface area contributed by atoms with Crippen LogP contribution in [0.1, 0.15) is 40.5 Å². The molecule has 26 heavy (non-hydrogen) atoms. The van der Waals surface area contributed by atoms with E-state index in [1.54, 1.807) is 18.2 Å². The lowest BCUT2D eigenvalue weighted by Gasteiger charge is -2.15. The van der Waals surface area contributed by atoms with Crippen molar-refractivity contribution in [1.82, 2.24) is 4.57 Å². The Morgan fingerprint density at radius 2 is 2.00 bits per heavy atom. The first-order chi connectivity index (χ1) is 12.3. The number of ether oxygens (including phenoxy) is 1. The fraction of sp³-hybridized carbons (Fsp3) is 0.381.